The van der Waals surface area contributed by atoms with E-state index in [0.29, 0.717) is 12.5 Å². The largest absolute Gasteiger partial charge is 0.478 e. The van der Waals surface area contributed by atoms with Crippen LogP contribution in [0.5, 0.6) is 5.88 Å². The van der Waals surface area contributed by atoms with Gasteiger partial charge in [-0.2, -0.15) is 4.98 Å². The quantitative estimate of drug-likeness (QED) is 0.765. The average Bonchev–Trinajstić information content (AvgIpc) is 2.31. The number of anilines is 1. The van der Waals surface area contributed by atoms with Crippen molar-refractivity contribution in [3.05, 3.63) is 18.2 Å². The zero-order valence-electron chi connectivity index (χ0n) is 10.0. The molecule has 1 aromatic rings. The summed E-state index contributed by atoms with van der Waals surface area (Å²) in [4.78, 5) is 6.53. The Labute approximate surface area is 96.9 Å². The van der Waals surface area contributed by atoms with Crippen LogP contribution in [0.1, 0.15) is 20.3 Å². The summed E-state index contributed by atoms with van der Waals surface area (Å²) in [6.07, 6.45) is 0.758. The fourth-order valence-corrected chi connectivity index (χ4v) is 1.50. The molecule has 0 saturated carbocycles. The maximum atomic E-state index is 8.82. The van der Waals surface area contributed by atoms with Crippen molar-refractivity contribution in [3.8, 4) is 5.88 Å². The highest BCUT2D eigenvalue weighted by molar-refractivity contribution is 5.40. The van der Waals surface area contributed by atoms with Crippen molar-refractivity contribution < 1.29 is 9.84 Å². The molecule has 0 atom stereocenters. The number of rotatable bonds is 7. The molecule has 90 valence electrons. The molecule has 0 aliphatic heterocycles. The molecule has 1 rings (SSSR count). The van der Waals surface area contributed by atoms with Crippen LogP contribution in [0.15, 0.2) is 18.2 Å². The van der Waals surface area contributed by atoms with Crippen LogP contribution in [0.2, 0.25) is 0 Å². The third-order valence-electron chi connectivity index (χ3n) is 2.29. The molecule has 0 bridgehead atoms. The molecule has 0 aromatic carbocycles. The molecule has 1 heterocycles. The minimum atomic E-state index is 0.210. The van der Waals surface area contributed by atoms with Crippen LogP contribution in [-0.4, -0.2) is 36.4 Å². The van der Waals surface area contributed by atoms with Crippen molar-refractivity contribution in [1.29, 1.82) is 0 Å². The summed E-state index contributed by atoms with van der Waals surface area (Å²) < 4.78 is 5.36. The lowest BCUT2D eigenvalue weighted by atomic mass is 10.3. The second-order valence-electron chi connectivity index (χ2n) is 3.42. The summed E-state index contributed by atoms with van der Waals surface area (Å²) in [5.74, 6) is 1.56. The van der Waals surface area contributed by atoms with Crippen LogP contribution in [0.25, 0.3) is 0 Å². The summed E-state index contributed by atoms with van der Waals surface area (Å²) in [5.41, 5.74) is 0. The van der Waals surface area contributed by atoms with Gasteiger partial charge in [-0.25, -0.2) is 0 Å². The smallest absolute Gasteiger partial charge is 0.215 e. The molecule has 4 nitrogen and oxygen atoms in total. The first kappa shape index (κ1) is 12.8. The molecule has 1 N–H and O–H groups in total. The first-order valence-corrected chi connectivity index (χ1v) is 5.77. The molecular formula is C12H20N2O2. The Bertz CT molecular complexity index is 305. The normalized spacial score (nSPS) is 10.2. The molecule has 0 fully saturated rings. The number of pyridine rings is 1. The summed E-state index contributed by atoms with van der Waals surface area (Å²) in [6.45, 7) is 6.54. The van der Waals surface area contributed by atoms with Crippen molar-refractivity contribution in [1.82, 2.24) is 4.98 Å². The van der Waals surface area contributed by atoms with Gasteiger partial charge in [-0.1, -0.05) is 6.07 Å². The molecule has 4 heteroatoms. The lowest BCUT2D eigenvalue weighted by Crippen LogP contribution is -2.25. The van der Waals surface area contributed by atoms with Crippen LogP contribution in [-0.2, 0) is 0 Å². The Kier molecular flexibility index (Phi) is 5.64. The van der Waals surface area contributed by atoms with Gasteiger partial charge in [0.05, 0.1) is 6.61 Å². The predicted octanol–water partition coefficient (Wildman–Crippen LogP) is 1.69. The van der Waals surface area contributed by atoms with Gasteiger partial charge in [0.2, 0.25) is 5.88 Å². The Hall–Kier alpha value is -1.29. The highest BCUT2D eigenvalue weighted by Gasteiger charge is 2.06. The second kappa shape index (κ2) is 7.06. The summed E-state index contributed by atoms with van der Waals surface area (Å²) in [5, 5.41) is 8.82. The third kappa shape index (κ3) is 3.70. The third-order valence-corrected chi connectivity index (χ3v) is 2.29. The number of ether oxygens (including phenoxy) is 1. The fourth-order valence-electron chi connectivity index (χ4n) is 1.50. The van der Waals surface area contributed by atoms with E-state index < -0.39 is 0 Å². The standard InChI is InChI=1S/C12H20N2O2/c1-3-14(9-6-10-15)11-7-5-8-12(13-11)16-4-2/h5,7-8,15H,3-4,6,9-10H2,1-2H3. The Morgan fingerprint density at radius 3 is 2.81 bits per heavy atom. The maximum Gasteiger partial charge on any atom is 0.215 e. The van der Waals surface area contributed by atoms with Crippen molar-refractivity contribution >= 4 is 5.82 Å². The monoisotopic (exact) mass is 224 g/mol. The Morgan fingerprint density at radius 1 is 1.38 bits per heavy atom. The van der Waals surface area contributed by atoms with Crippen LogP contribution in [0, 0.1) is 0 Å². The van der Waals surface area contributed by atoms with Crippen molar-refractivity contribution in [2.24, 2.45) is 0 Å². The maximum absolute atomic E-state index is 8.82. The van der Waals surface area contributed by atoms with Gasteiger partial charge in [0.1, 0.15) is 5.82 Å². The zero-order chi connectivity index (χ0) is 11.8. The summed E-state index contributed by atoms with van der Waals surface area (Å²) >= 11 is 0. The van der Waals surface area contributed by atoms with Crippen LogP contribution in [0.3, 0.4) is 0 Å². The molecule has 1 aromatic heterocycles. The van der Waals surface area contributed by atoms with Gasteiger partial charge in [0, 0.05) is 25.8 Å². The zero-order valence-corrected chi connectivity index (χ0v) is 10.0. The topological polar surface area (TPSA) is 45.6 Å². The number of hydrogen-bond donors (Lipinski definition) is 1. The van der Waals surface area contributed by atoms with E-state index in [4.69, 9.17) is 9.84 Å². The lowest BCUT2D eigenvalue weighted by Gasteiger charge is -2.21. The lowest BCUT2D eigenvalue weighted by molar-refractivity contribution is 0.289. The molecule has 0 unspecified atom stereocenters. The van der Waals surface area contributed by atoms with Gasteiger partial charge in [-0.3, -0.25) is 0 Å². The molecule has 16 heavy (non-hydrogen) atoms. The second-order valence-corrected chi connectivity index (χ2v) is 3.42. The van der Waals surface area contributed by atoms with Gasteiger partial charge in [-0.15, -0.1) is 0 Å². The van der Waals surface area contributed by atoms with E-state index >= 15 is 0 Å². The van der Waals surface area contributed by atoms with Gasteiger partial charge >= 0.3 is 0 Å². The van der Waals surface area contributed by atoms with Gasteiger partial charge in [0.25, 0.3) is 0 Å². The van der Waals surface area contributed by atoms with Gasteiger partial charge in [-0.05, 0) is 26.3 Å². The van der Waals surface area contributed by atoms with E-state index in [0.717, 1.165) is 25.3 Å². The van der Waals surface area contributed by atoms with Crippen LogP contribution >= 0.6 is 0 Å². The molecule has 0 aliphatic carbocycles. The number of aliphatic hydroxyl groups is 1. The number of nitrogens with zero attached hydrogens (tertiary/aromatic N) is 2. The number of aliphatic hydroxyl groups excluding tert-OH is 1. The first-order valence-electron chi connectivity index (χ1n) is 5.77. The van der Waals surface area contributed by atoms with E-state index in [1.807, 2.05) is 25.1 Å². The van der Waals surface area contributed by atoms with E-state index in [2.05, 4.69) is 16.8 Å². The van der Waals surface area contributed by atoms with E-state index in [1.165, 1.54) is 0 Å². The van der Waals surface area contributed by atoms with E-state index in [1.54, 1.807) is 0 Å². The minimum absolute atomic E-state index is 0.210. The number of aromatic nitrogens is 1. The van der Waals surface area contributed by atoms with Crippen LogP contribution in [0.4, 0.5) is 5.82 Å². The molecule has 0 aliphatic rings. The van der Waals surface area contributed by atoms with Gasteiger partial charge in [0.15, 0.2) is 0 Å². The van der Waals surface area contributed by atoms with Crippen molar-refractivity contribution in [2.45, 2.75) is 20.3 Å². The summed E-state index contributed by atoms with van der Waals surface area (Å²) in [7, 11) is 0. The molecular weight excluding hydrogens is 204 g/mol. The fraction of sp³-hybridized carbons (Fsp3) is 0.583. The Morgan fingerprint density at radius 2 is 2.19 bits per heavy atom. The molecule has 0 spiro atoms. The number of hydrogen-bond acceptors (Lipinski definition) is 4. The Balaban J connectivity index is 2.71. The van der Waals surface area contributed by atoms with E-state index in [-0.39, 0.29) is 6.61 Å². The highest BCUT2D eigenvalue weighted by Crippen LogP contribution is 2.15. The van der Waals surface area contributed by atoms with E-state index in [9.17, 15) is 0 Å². The van der Waals surface area contributed by atoms with Gasteiger partial charge < -0.3 is 14.7 Å². The molecule has 0 saturated heterocycles. The highest BCUT2D eigenvalue weighted by atomic mass is 16.5. The average molecular weight is 224 g/mol. The summed E-state index contributed by atoms with van der Waals surface area (Å²) in [6, 6.07) is 5.76. The predicted molar refractivity (Wildman–Crippen MR) is 65.0 cm³/mol. The molecule has 0 radical (unpaired) electrons. The van der Waals surface area contributed by atoms with Crippen molar-refractivity contribution in [3.63, 3.8) is 0 Å². The minimum Gasteiger partial charge on any atom is -0.478 e. The first-order chi connectivity index (χ1) is 7.81. The van der Waals surface area contributed by atoms with Crippen molar-refractivity contribution in [2.75, 3.05) is 31.2 Å². The molecule has 0 amide bonds. The SMILES string of the molecule is CCOc1cccc(N(CC)CCCO)n1. The van der Waals surface area contributed by atoms with Crippen LogP contribution < -0.4 is 9.64 Å².